The van der Waals surface area contributed by atoms with E-state index >= 15 is 0 Å². The van der Waals surface area contributed by atoms with Gasteiger partial charge in [0, 0.05) is 0 Å². The van der Waals surface area contributed by atoms with E-state index in [-0.39, 0.29) is 0 Å². The molecule has 1 nitrogen and oxygen atoms in total. The lowest BCUT2D eigenvalue weighted by molar-refractivity contribution is 0.438. The SMILES string of the molecule is Oc1ccc2c(c1)CCC21CCCC1. The first kappa shape index (κ1) is 8.34. The smallest absolute Gasteiger partial charge is 0.115 e. The van der Waals surface area contributed by atoms with Gasteiger partial charge in [-0.3, -0.25) is 0 Å². The maximum Gasteiger partial charge on any atom is 0.115 e. The minimum Gasteiger partial charge on any atom is -0.508 e. The Bertz CT molecular complexity index is 361. The molecular formula is C13H16O. The molecule has 0 aliphatic heterocycles. The van der Waals surface area contributed by atoms with Crippen LogP contribution in [0.3, 0.4) is 0 Å². The molecule has 0 bridgehead atoms. The van der Waals surface area contributed by atoms with E-state index in [1.54, 1.807) is 0 Å². The number of hydrogen-bond donors (Lipinski definition) is 1. The van der Waals surface area contributed by atoms with Crippen LogP contribution in [-0.2, 0) is 11.8 Å². The van der Waals surface area contributed by atoms with Crippen molar-refractivity contribution in [3.63, 3.8) is 0 Å². The highest BCUT2D eigenvalue weighted by molar-refractivity contribution is 5.44. The second-order valence-electron chi connectivity index (χ2n) is 4.83. The van der Waals surface area contributed by atoms with Crippen LogP contribution >= 0.6 is 0 Å². The minimum absolute atomic E-state index is 0.429. The van der Waals surface area contributed by atoms with Crippen LogP contribution in [-0.4, -0.2) is 5.11 Å². The predicted octanol–water partition coefficient (Wildman–Crippen LogP) is 3.15. The van der Waals surface area contributed by atoms with Crippen LogP contribution < -0.4 is 0 Å². The van der Waals surface area contributed by atoms with E-state index in [0.717, 1.165) is 0 Å². The molecule has 2 aliphatic rings. The third kappa shape index (κ3) is 1.01. The molecule has 3 rings (SSSR count). The van der Waals surface area contributed by atoms with Crippen LogP contribution in [0.15, 0.2) is 18.2 Å². The van der Waals surface area contributed by atoms with Gasteiger partial charge in [0.2, 0.25) is 0 Å². The number of phenolic OH excluding ortho intramolecular Hbond substituents is 1. The lowest BCUT2D eigenvalue weighted by atomic mass is 9.80. The van der Waals surface area contributed by atoms with Gasteiger partial charge in [-0.05, 0) is 54.4 Å². The molecule has 0 saturated heterocycles. The Labute approximate surface area is 84.8 Å². The predicted molar refractivity (Wildman–Crippen MR) is 56.6 cm³/mol. The summed E-state index contributed by atoms with van der Waals surface area (Å²) in [5, 5.41) is 9.43. The molecule has 0 amide bonds. The number of aromatic hydroxyl groups is 1. The summed E-state index contributed by atoms with van der Waals surface area (Å²) >= 11 is 0. The number of fused-ring (bicyclic) bond motifs is 2. The van der Waals surface area contributed by atoms with Gasteiger partial charge in [0.15, 0.2) is 0 Å². The van der Waals surface area contributed by atoms with Gasteiger partial charge < -0.3 is 5.11 Å². The fraction of sp³-hybridized carbons (Fsp3) is 0.538. The fourth-order valence-corrected chi connectivity index (χ4v) is 3.38. The summed E-state index contributed by atoms with van der Waals surface area (Å²) in [6, 6.07) is 5.97. The molecule has 1 aromatic carbocycles. The first-order valence-corrected chi connectivity index (χ1v) is 5.63. The van der Waals surface area contributed by atoms with Gasteiger partial charge in [-0.2, -0.15) is 0 Å². The van der Waals surface area contributed by atoms with Crippen molar-refractivity contribution in [2.75, 3.05) is 0 Å². The average molecular weight is 188 g/mol. The minimum atomic E-state index is 0.429. The highest BCUT2D eigenvalue weighted by Gasteiger charge is 2.40. The Morgan fingerprint density at radius 2 is 1.86 bits per heavy atom. The monoisotopic (exact) mass is 188 g/mol. The van der Waals surface area contributed by atoms with Crippen LogP contribution in [0.1, 0.15) is 43.2 Å². The van der Waals surface area contributed by atoms with E-state index in [1.165, 1.54) is 49.7 Å². The average Bonchev–Trinajstić information content (AvgIpc) is 2.77. The van der Waals surface area contributed by atoms with Gasteiger partial charge in [-0.1, -0.05) is 18.9 Å². The molecule has 1 spiro atoms. The molecule has 74 valence electrons. The molecule has 1 saturated carbocycles. The number of benzene rings is 1. The fourth-order valence-electron chi connectivity index (χ4n) is 3.38. The Kier molecular flexibility index (Phi) is 1.64. The van der Waals surface area contributed by atoms with Crippen molar-refractivity contribution in [1.29, 1.82) is 0 Å². The Morgan fingerprint density at radius 3 is 2.64 bits per heavy atom. The van der Waals surface area contributed by atoms with Gasteiger partial charge in [0.25, 0.3) is 0 Å². The Morgan fingerprint density at radius 1 is 1.07 bits per heavy atom. The quantitative estimate of drug-likeness (QED) is 0.663. The van der Waals surface area contributed by atoms with E-state index in [9.17, 15) is 5.11 Å². The van der Waals surface area contributed by atoms with Crippen LogP contribution in [0.4, 0.5) is 0 Å². The maximum absolute atomic E-state index is 9.43. The lowest BCUT2D eigenvalue weighted by Gasteiger charge is -2.24. The van der Waals surface area contributed by atoms with Crippen LogP contribution in [0.5, 0.6) is 5.75 Å². The molecule has 1 N–H and O–H groups in total. The molecular weight excluding hydrogens is 172 g/mol. The largest absolute Gasteiger partial charge is 0.508 e. The van der Waals surface area contributed by atoms with E-state index in [2.05, 4.69) is 6.07 Å². The zero-order valence-electron chi connectivity index (χ0n) is 8.42. The van der Waals surface area contributed by atoms with Gasteiger partial charge in [0.1, 0.15) is 5.75 Å². The summed E-state index contributed by atoms with van der Waals surface area (Å²) in [4.78, 5) is 0. The third-order valence-electron chi connectivity index (χ3n) is 4.09. The van der Waals surface area contributed by atoms with Crippen molar-refractivity contribution in [3.05, 3.63) is 29.3 Å². The third-order valence-corrected chi connectivity index (χ3v) is 4.09. The maximum atomic E-state index is 9.43. The van der Waals surface area contributed by atoms with Crippen LogP contribution in [0.25, 0.3) is 0 Å². The summed E-state index contributed by atoms with van der Waals surface area (Å²) in [6.07, 6.45) is 7.99. The number of rotatable bonds is 0. The molecule has 0 radical (unpaired) electrons. The molecule has 1 aromatic rings. The van der Waals surface area contributed by atoms with E-state index in [0.29, 0.717) is 11.2 Å². The van der Waals surface area contributed by atoms with Crippen molar-refractivity contribution < 1.29 is 5.11 Å². The molecule has 0 heterocycles. The van der Waals surface area contributed by atoms with Gasteiger partial charge in [-0.15, -0.1) is 0 Å². The molecule has 0 atom stereocenters. The summed E-state index contributed by atoms with van der Waals surface area (Å²) in [7, 11) is 0. The van der Waals surface area contributed by atoms with Gasteiger partial charge >= 0.3 is 0 Å². The molecule has 2 aliphatic carbocycles. The molecule has 14 heavy (non-hydrogen) atoms. The van der Waals surface area contributed by atoms with Crippen LogP contribution in [0.2, 0.25) is 0 Å². The van der Waals surface area contributed by atoms with Gasteiger partial charge in [0.05, 0.1) is 0 Å². The summed E-state index contributed by atoms with van der Waals surface area (Å²) < 4.78 is 0. The van der Waals surface area contributed by atoms with Crippen molar-refractivity contribution in [2.24, 2.45) is 0 Å². The molecule has 0 unspecified atom stereocenters. The molecule has 1 fully saturated rings. The molecule has 1 heteroatoms. The summed E-state index contributed by atoms with van der Waals surface area (Å²) in [5.74, 6) is 0.429. The highest BCUT2D eigenvalue weighted by atomic mass is 16.3. The first-order valence-electron chi connectivity index (χ1n) is 5.63. The zero-order chi connectivity index (χ0) is 9.60. The number of phenols is 1. The van der Waals surface area contributed by atoms with E-state index in [4.69, 9.17) is 0 Å². The van der Waals surface area contributed by atoms with Crippen molar-refractivity contribution >= 4 is 0 Å². The van der Waals surface area contributed by atoms with Crippen LogP contribution in [0, 0.1) is 0 Å². The number of hydrogen-bond acceptors (Lipinski definition) is 1. The zero-order valence-corrected chi connectivity index (χ0v) is 8.42. The van der Waals surface area contributed by atoms with E-state index in [1.807, 2.05) is 12.1 Å². The van der Waals surface area contributed by atoms with Crippen molar-refractivity contribution in [1.82, 2.24) is 0 Å². The van der Waals surface area contributed by atoms with Gasteiger partial charge in [-0.25, -0.2) is 0 Å². The van der Waals surface area contributed by atoms with Crippen molar-refractivity contribution in [2.45, 2.75) is 43.9 Å². The van der Waals surface area contributed by atoms with E-state index < -0.39 is 0 Å². The highest BCUT2D eigenvalue weighted by Crippen LogP contribution is 2.50. The Balaban J connectivity index is 2.09. The lowest BCUT2D eigenvalue weighted by Crippen LogP contribution is -2.17. The molecule has 0 aromatic heterocycles. The van der Waals surface area contributed by atoms with Crippen molar-refractivity contribution in [3.8, 4) is 5.75 Å². The second kappa shape index (κ2) is 2.75. The summed E-state index contributed by atoms with van der Waals surface area (Å²) in [6.45, 7) is 0. The first-order chi connectivity index (χ1) is 6.80. The standard InChI is InChI=1S/C13H16O/c14-11-3-4-12-10(9-11)5-8-13(12)6-1-2-7-13/h3-4,9,14H,1-2,5-8H2. The second-order valence-corrected chi connectivity index (χ2v) is 4.83. The normalized spacial score (nSPS) is 22.9. The number of aryl methyl sites for hydroxylation is 1. The Hall–Kier alpha value is -0.980. The summed E-state index contributed by atoms with van der Waals surface area (Å²) in [5.41, 5.74) is 3.43. The topological polar surface area (TPSA) is 20.2 Å².